The third-order valence-electron chi connectivity index (χ3n) is 4.56. The van der Waals surface area contributed by atoms with Crippen LogP contribution in [0.2, 0.25) is 0 Å². The van der Waals surface area contributed by atoms with Gasteiger partial charge in [0.15, 0.2) is 0 Å². The highest BCUT2D eigenvalue weighted by Gasteiger charge is 2.33. The molecule has 20 heavy (non-hydrogen) atoms. The summed E-state index contributed by atoms with van der Waals surface area (Å²) in [5, 5.41) is 3.58. The van der Waals surface area contributed by atoms with Crippen molar-refractivity contribution in [2.45, 2.75) is 44.7 Å². The molecule has 0 aromatic heterocycles. The molecule has 2 atom stereocenters. The van der Waals surface area contributed by atoms with Gasteiger partial charge in [0.25, 0.3) is 0 Å². The first-order chi connectivity index (χ1) is 9.75. The predicted octanol–water partition coefficient (Wildman–Crippen LogP) is 2.74. The van der Waals surface area contributed by atoms with Crippen LogP contribution in [0.4, 0.5) is 0 Å². The number of amides is 1. The molecule has 1 N–H and O–H groups in total. The van der Waals surface area contributed by atoms with E-state index in [0.29, 0.717) is 6.04 Å². The van der Waals surface area contributed by atoms with E-state index in [-0.39, 0.29) is 11.9 Å². The number of rotatable bonds is 5. The Hall–Kier alpha value is -1.35. The molecule has 3 heteroatoms. The number of benzene rings is 1. The van der Waals surface area contributed by atoms with Gasteiger partial charge in [-0.05, 0) is 44.1 Å². The van der Waals surface area contributed by atoms with E-state index in [0.717, 1.165) is 37.4 Å². The number of carbonyl (C=O) groups excluding carboxylic acids is 1. The third-order valence-corrected chi connectivity index (χ3v) is 4.56. The number of nitrogens with zero attached hydrogens (tertiary/aromatic N) is 1. The van der Waals surface area contributed by atoms with E-state index in [1.54, 1.807) is 0 Å². The van der Waals surface area contributed by atoms with Crippen LogP contribution in [0.5, 0.6) is 0 Å². The van der Waals surface area contributed by atoms with Crippen molar-refractivity contribution in [1.29, 1.82) is 0 Å². The Bertz CT molecular complexity index is 449. The van der Waals surface area contributed by atoms with Crippen molar-refractivity contribution in [3.8, 4) is 0 Å². The van der Waals surface area contributed by atoms with Crippen LogP contribution in [0.1, 0.15) is 44.2 Å². The Morgan fingerprint density at radius 2 is 1.85 bits per heavy atom. The van der Waals surface area contributed by atoms with Crippen LogP contribution in [-0.2, 0) is 4.79 Å². The van der Waals surface area contributed by atoms with Gasteiger partial charge < -0.3 is 4.90 Å². The fourth-order valence-corrected chi connectivity index (χ4v) is 3.07. The molecule has 108 valence electrons. The summed E-state index contributed by atoms with van der Waals surface area (Å²) < 4.78 is 0. The summed E-state index contributed by atoms with van der Waals surface area (Å²) in [6.07, 6.45) is 4.89. The van der Waals surface area contributed by atoms with Crippen molar-refractivity contribution in [2.75, 3.05) is 13.1 Å². The van der Waals surface area contributed by atoms with Crippen molar-refractivity contribution < 1.29 is 4.79 Å². The fourth-order valence-electron chi connectivity index (χ4n) is 3.07. The maximum atomic E-state index is 12.8. The van der Waals surface area contributed by atoms with Gasteiger partial charge in [-0.3, -0.25) is 10.1 Å². The molecular weight excluding hydrogens is 248 g/mol. The predicted molar refractivity (Wildman–Crippen MR) is 80.3 cm³/mol. The average Bonchev–Trinajstić information content (AvgIpc) is 3.20. The Labute approximate surface area is 121 Å². The second-order valence-electron chi connectivity index (χ2n) is 6.17. The summed E-state index contributed by atoms with van der Waals surface area (Å²) in [5.41, 5.74) is 1.09. The molecule has 1 amide bonds. The molecule has 2 fully saturated rings. The molecule has 0 spiro atoms. The topological polar surface area (TPSA) is 32.3 Å². The van der Waals surface area contributed by atoms with E-state index in [1.165, 1.54) is 12.8 Å². The molecule has 1 aromatic rings. The first-order valence-corrected chi connectivity index (χ1v) is 7.85. The van der Waals surface area contributed by atoms with Gasteiger partial charge in [0.05, 0.1) is 0 Å². The van der Waals surface area contributed by atoms with Gasteiger partial charge in [-0.2, -0.15) is 0 Å². The molecular formula is C17H24N2O. The van der Waals surface area contributed by atoms with Gasteiger partial charge in [-0.25, -0.2) is 0 Å². The van der Waals surface area contributed by atoms with Gasteiger partial charge >= 0.3 is 0 Å². The maximum Gasteiger partial charge on any atom is 0.244 e. The minimum Gasteiger partial charge on any atom is -0.341 e. The van der Waals surface area contributed by atoms with Crippen LogP contribution < -0.4 is 5.32 Å². The summed E-state index contributed by atoms with van der Waals surface area (Å²) in [4.78, 5) is 14.8. The second-order valence-corrected chi connectivity index (χ2v) is 6.17. The van der Waals surface area contributed by atoms with Crippen molar-refractivity contribution >= 4 is 5.91 Å². The highest BCUT2D eigenvalue weighted by Crippen LogP contribution is 2.33. The molecule has 2 aliphatic rings. The molecule has 1 aliphatic carbocycles. The minimum absolute atomic E-state index is 0.176. The first-order valence-electron chi connectivity index (χ1n) is 7.85. The van der Waals surface area contributed by atoms with E-state index < -0.39 is 0 Å². The standard InChI is InChI=1S/C17H24N2O/c1-13(14-9-10-14)18-16(15-7-3-2-4-8-15)17(20)19-11-5-6-12-19/h2-4,7-8,13-14,16,18H,5-6,9-12H2,1H3. The summed E-state index contributed by atoms with van der Waals surface area (Å²) in [6, 6.07) is 10.4. The van der Waals surface area contributed by atoms with Gasteiger partial charge in [-0.15, -0.1) is 0 Å². The van der Waals surface area contributed by atoms with Crippen molar-refractivity contribution in [3.63, 3.8) is 0 Å². The molecule has 1 aromatic carbocycles. The second kappa shape index (κ2) is 5.96. The van der Waals surface area contributed by atoms with E-state index in [4.69, 9.17) is 0 Å². The normalized spacial score (nSPS) is 21.8. The highest BCUT2D eigenvalue weighted by molar-refractivity contribution is 5.83. The Morgan fingerprint density at radius 1 is 1.20 bits per heavy atom. The van der Waals surface area contributed by atoms with Crippen LogP contribution in [0.15, 0.2) is 30.3 Å². The Morgan fingerprint density at radius 3 is 2.45 bits per heavy atom. The zero-order valence-corrected chi connectivity index (χ0v) is 12.2. The molecule has 0 bridgehead atoms. The zero-order chi connectivity index (χ0) is 13.9. The van der Waals surface area contributed by atoms with Gasteiger partial charge in [-0.1, -0.05) is 30.3 Å². The number of hydrogen-bond acceptors (Lipinski definition) is 2. The lowest BCUT2D eigenvalue weighted by molar-refractivity contribution is -0.132. The van der Waals surface area contributed by atoms with Gasteiger partial charge in [0, 0.05) is 19.1 Å². The molecule has 3 rings (SSSR count). The average molecular weight is 272 g/mol. The molecule has 0 radical (unpaired) electrons. The summed E-state index contributed by atoms with van der Waals surface area (Å²) in [7, 11) is 0. The summed E-state index contributed by atoms with van der Waals surface area (Å²) >= 11 is 0. The lowest BCUT2D eigenvalue weighted by Crippen LogP contribution is -2.43. The lowest BCUT2D eigenvalue weighted by atomic mass is 10.0. The van der Waals surface area contributed by atoms with E-state index >= 15 is 0 Å². The van der Waals surface area contributed by atoms with Gasteiger partial charge in [0.2, 0.25) is 5.91 Å². The third kappa shape index (κ3) is 3.04. The summed E-state index contributed by atoms with van der Waals surface area (Å²) in [5.74, 6) is 1.01. The minimum atomic E-state index is -0.176. The van der Waals surface area contributed by atoms with Crippen LogP contribution in [-0.4, -0.2) is 29.9 Å². The molecule has 1 saturated carbocycles. The van der Waals surface area contributed by atoms with Crippen LogP contribution in [0.25, 0.3) is 0 Å². The Kier molecular flexibility index (Phi) is 4.06. The first kappa shape index (κ1) is 13.6. The number of carbonyl (C=O) groups is 1. The number of likely N-dealkylation sites (tertiary alicyclic amines) is 1. The van der Waals surface area contributed by atoms with Crippen LogP contribution in [0, 0.1) is 5.92 Å². The van der Waals surface area contributed by atoms with E-state index in [2.05, 4.69) is 24.4 Å². The SMILES string of the molecule is CC(NC(C(=O)N1CCCC1)c1ccccc1)C1CC1. The van der Waals surface area contributed by atoms with Crippen molar-refractivity contribution in [2.24, 2.45) is 5.92 Å². The fraction of sp³-hybridized carbons (Fsp3) is 0.588. The number of nitrogens with one attached hydrogen (secondary N) is 1. The van der Waals surface area contributed by atoms with E-state index in [9.17, 15) is 4.79 Å². The largest absolute Gasteiger partial charge is 0.341 e. The maximum absolute atomic E-state index is 12.8. The molecule has 1 heterocycles. The number of hydrogen-bond donors (Lipinski definition) is 1. The molecule has 1 saturated heterocycles. The molecule has 3 nitrogen and oxygen atoms in total. The molecule has 2 unspecified atom stereocenters. The summed E-state index contributed by atoms with van der Waals surface area (Å²) in [6.45, 7) is 4.05. The van der Waals surface area contributed by atoms with Crippen molar-refractivity contribution in [1.82, 2.24) is 10.2 Å². The lowest BCUT2D eigenvalue weighted by Gasteiger charge is -2.27. The molecule has 1 aliphatic heterocycles. The monoisotopic (exact) mass is 272 g/mol. The zero-order valence-electron chi connectivity index (χ0n) is 12.2. The van der Waals surface area contributed by atoms with Crippen LogP contribution >= 0.6 is 0 Å². The van der Waals surface area contributed by atoms with Gasteiger partial charge in [0.1, 0.15) is 6.04 Å². The quantitative estimate of drug-likeness (QED) is 0.894. The smallest absolute Gasteiger partial charge is 0.244 e. The highest BCUT2D eigenvalue weighted by atomic mass is 16.2. The van der Waals surface area contributed by atoms with Crippen LogP contribution in [0.3, 0.4) is 0 Å². The Balaban J connectivity index is 1.76. The van der Waals surface area contributed by atoms with Crippen molar-refractivity contribution in [3.05, 3.63) is 35.9 Å². The van der Waals surface area contributed by atoms with E-state index in [1.807, 2.05) is 23.1 Å².